The molecule has 0 spiro atoms. The summed E-state index contributed by atoms with van der Waals surface area (Å²) >= 11 is 0. The summed E-state index contributed by atoms with van der Waals surface area (Å²) in [6.45, 7) is 4.89. The molecule has 0 saturated carbocycles. The van der Waals surface area contributed by atoms with Crippen LogP contribution in [0.2, 0.25) is 0 Å². The molecule has 0 amide bonds. The number of aromatic nitrogens is 3. The number of carboxylic acids is 1. The predicted octanol–water partition coefficient (Wildman–Crippen LogP) is 2.07. The fourth-order valence-electron chi connectivity index (χ4n) is 1.85. The zero-order chi connectivity index (χ0) is 15.2. The molecule has 0 fully saturated rings. The van der Waals surface area contributed by atoms with Gasteiger partial charge in [0, 0.05) is 24.2 Å². The monoisotopic (exact) mass is 287 g/mol. The van der Waals surface area contributed by atoms with Crippen LogP contribution in [-0.4, -0.2) is 32.2 Å². The number of carbonyl (C=O) groups is 1. The number of carboxylic acid groups (broad SMARTS) is 1. The minimum absolute atomic E-state index is 0.454. The van der Waals surface area contributed by atoms with Crippen molar-refractivity contribution >= 4 is 12.0 Å². The third-order valence-corrected chi connectivity index (χ3v) is 2.92. The summed E-state index contributed by atoms with van der Waals surface area (Å²) in [5.74, 6) is 0.473. The third-order valence-electron chi connectivity index (χ3n) is 2.92. The van der Waals surface area contributed by atoms with Gasteiger partial charge in [-0.05, 0) is 32.1 Å². The second kappa shape index (κ2) is 6.69. The predicted molar refractivity (Wildman–Crippen MR) is 78.1 cm³/mol. The third kappa shape index (κ3) is 4.17. The van der Waals surface area contributed by atoms with Crippen LogP contribution >= 0.6 is 0 Å². The molecule has 0 aromatic carbocycles. The molecular formula is C15H17N3O3. The zero-order valence-corrected chi connectivity index (χ0v) is 12.0. The highest BCUT2D eigenvalue weighted by molar-refractivity contribution is 5.85. The van der Waals surface area contributed by atoms with Crippen molar-refractivity contribution in [3.8, 4) is 5.75 Å². The summed E-state index contributed by atoms with van der Waals surface area (Å²) in [6, 6.07) is 3.63. The average molecular weight is 287 g/mol. The van der Waals surface area contributed by atoms with Crippen LogP contribution in [0.25, 0.3) is 6.08 Å². The standard InChI is InChI=1S/C15H17N3O3/c1-11-3-5-14(13(17-11)4-6-15(19)20)21-10-9-18-8-7-16-12(18)2/h3-8H,9-10H2,1-2H3,(H,19,20). The van der Waals surface area contributed by atoms with E-state index in [2.05, 4.69) is 9.97 Å². The highest BCUT2D eigenvalue weighted by atomic mass is 16.5. The zero-order valence-electron chi connectivity index (χ0n) is 12.0. The van der Waals surface area contributed by atoms with Gasteiger partial charge in [-0.15, -0.1) is 0 Å². The lowest BCUT2D eigenvalue weighted by Crippen LogP contribution is -2.09. The molecule has 21 heavy (non-hydrogen) atoms. The number of hydrogen-bond acceptors (Lipinski definition) is 4. The van der Waals surface area contributed by atoms with E-state index in [4.69, 9.17) is 9.84 Å². The molecule has 0 radical (unpaired) electrons. The van der Waals surface area contributed by atoms with E-state index in [0.29, 0.717) is 24.6 Å². The van der Waals surface area contributed by atoms with E-state index in [-0.39, 0.29) is 0 Å². The quantitative estimate of drug-likeness (QED) is 0.823. The summed E-state index contributed by atoms with van der Waals surface area (Å²) in [5.41, 5.74) is 1.32. The largest absolute Gasteiger partial charge is 0.489 e. The Morgan fingerprint density at radius 2 is 2.24 bits per heavy atom. The second-order valence-corrected chi connectivity index (χ2v) is 4.52. The van der Waals surface area contributed by atoms with Crippen LogP contribution in [0.3, 0.4) is 0 Å². The molecule has 0 unspecified atom stereocenters. The Kier molecular flexibility index (Phi) is 4.71. The minimum atomic E-state index is -1.02. The summed E-state index contributed by atoms with van der Waals surface area (Å²) in [5, 5.41) is 8.70. The lowest BCUT2D eigenvalue weighted by Gasteiger charge is -2.10. The maximum absolute atomic E-state index is 10.6. The fourth-order valence-corrected chi connectivity index (χ4v) is 1.85. The molecule has 2 heterocycles. The van der Waals surface area contributed by atoms with Crippen molar-refractivity contribution in [3.05, 3.63) is 47.8 Å². The lowest BCUT2D eigenvalue weighted by atomic mass is 10.2. The number of rotatable bonds is 6. The summed E-state index contributed by atoms with van der Waals surface area (Å²) in [6.07, 6.45) is 6.11. The second-order valence-electron chi connectivity index (χ2n) is 4.52. The molecule has 2 aromatic rings. The number of nitrogens with zero attached hydrogens (tertiary/aromatic N) is 3. The first kappa shape index (κ1) is 14.8. The van der Waals surface area contributed by atoms with Gasteiger partial charge in [0.25, 0.3) is 0 Å². The molecule has 0 atom stereocenters. The van der Waals surface area contributed by atoms with E-state index < -0.39 is 5.97 Å². The molecule has 0 saturated heterocycles. The highest BCUT2D eigenvalue weighted by Crippen LogP contribution is 2.18. The molecule has 1 N–H and O–H groups in total. The first-order valence-corrected chi connectivity index (χ1v) is 6.55. The Labute approximate surface area is 122 Å². The van der Waals surface area contributed by atoms with Crippen molar-refractivity contribution in [2.75, 3.05) is 6.61 Å². The maximum Gasteiger partial charge on any atom is 0.328 e. The Morgan fingerprint density at radius 1 is 1.43 bits per heavy atom. The molecule has 6 heteroatoms. The van der Waals surface area contributed by atoms with Crippen LogP contribution in [0.15, 0.2) is 30.6 Å². The van der Waals surface area contributed by atoms with E-state index in [1.165, 1.54) is 6.08 Å². The van der Waals surface area contributed by atoms with Crippen LogP contribution in [-0.2, 0) is 11.3 Å². The van der Waals surface area contributed by atoms with Crippen LogP contribution < -0.4 is 4.74 Å². The first-order valence-electron chi connectivity index (χ1n) is 6.55. The molecule has 6 nitrogen and oxygen atoms in total. The van der Waals surface area contributed by atoms with Gasteiger partial charge < -0.3 is 14.4 Å². The molecule has 0 aliphatic heterocycles. The van der Waals surface area contributed by atoms with Crippen LogP contribution in [0.5, 0.6) is 5.75 Å². The van der Waals surface area contributed by atoms with Crippen LogP contribution in [0, 0.1) is 13.8 Å². The number of hydrogen-bond donors (Lipinski definition) is 1. The Balaban J connectivity index is 2.05. The average Bonchev–Trinajstić information content (AvgIpc) is 2.84. The molecule has 0 aliphatic rings. The van der Waals surface area contributed by atoms with E-state index >= 15 is 0 Å². The Bertz CT molecular complexity index is 662. The lowest BCUT2D eigenvalue weighted by molar-refractivity contribution is -0.131. The van der Waals surface area contributed by atoms with Crippen molar-refractivity contribution in [1.82, 2.24) is 14.5 Å². The normalized spacial score (nSPS) is 11.0. The molecule has 0 aliphatic carbocycles. The van der Waals surface area contributed by atoms with E-state index in [9.17, 15) is 4.79 Å². The molecular weight excluding hydrogens is 270 g/mol. The van der Waals surface area contributed by atoms with Gasteiger partial charge in [-0.2, -0.15) is 0 Å². The summed E-state index contributed by atoms with van der Waals surface area (Å²) in [7, 11) is 0. The highest BCUT2D eigenvalue weighted by Gasteiger charge is 2.04. The van der Waals surface area contributed by atoms with Crippen LogP contribution in [0.4, 0.5) is 0 Å². The molecule has 2 rings (SSSR count). The number of imidazole rings is 1. The van der Waals surface area contributed by atoms with E-state index in [1.807, 2.05) is 30.7 Å². The number of pyridine rings is 1. The Hall–Kier alpha value is -2.63. The van der Waals surface area contributed by atoms with Gasteiger partial charge in [0.1, 0.15) is 23.9 Å². The van der Waals surface area contributed by atoms with Crippen molar-refractivity contribution in [3.63, 3.8) is 0 Å². The van der Waals surface area contributed by atoms with Crippen molar-refractivity contribution < 1.29 is 14.6 Å². The van der Waals surface area contributed by atoms with Gasteiger partial charge in [0.2, 0.25) is 0 Å². The Morgan fingerprint density at radius 3 is 2.90 bits per heavy atom. The van der Waals surface area contributed by atoms with Crippen molar-refractivity contribution in [2.45, 2.75) is 20.4 Å². The van der Waals surface area contributed by atoms with E-state index in [0.717, 1.165) is 17.6 Å². The first-order chi connectivity index (χ1) is 10.1. The maximum atomic E-state index is 10.6. The summed E-state index contributed by atoms with van der Waals surface area (Å²) in [4.78, 5) is 19.0. The number of aliphatic carboxylic acids is 1. The van der Waals surface area contributed by atoms with Crippen molar-refractivity contribution in [1.29, 1.82) is 0 Å². The smallest absolute Gasteiger partial charge is 0.328 e. The minimum Gasteiger partial charge on any atom is -0.489 e. The molecule has 110 valence electrons. The van der Waals surface area contributed by atoms with Gasteiger partial charge in [-0.25, -0.2) is 14.8 Å². The molecule has 0 bridgehead atoms. The number of ether oxygens (including phenoxy) is 1. The van der Waals surface area contributed by atoms with Gasteiger partial charge >= 0.3 is 5.97 Å². The van der Waals surface area contributed by atoms with Gasteiger partial charge in [0.15, 0.2) is 0 Å². The van der Waals surface area contributed by atoms with Crippen LogP contribution in [0.1, 0.15) is 17.2 Å². The number of aryl methyl sites for hydroxylation is 2. The van der Waals surface area contributed by atoms with Crippen molar-refractivity contribution in [2.24, 2.45) is 0 Å². The topological polar surface area (TPSA) is 77.2 Å². The van der Waals surface area contributed by atoms with E-state index in [1.54, 1.807) is 12.3 Å². The molecule has 2 aromatic heterocycles. The van der Waals surface area contributed by atoms with Gasteiger partial charge in [0.05, 0.1) is 6.54 Å². The summed E-state index contributed by atoms with van der Waals surface area (Å²) < 4.78 is 7.68. The SMILES string of the molecule is Cc1ccc(OCCn2ccnc2C)c(C=CC(=O)O)n1. The van der Waals surface area contributed by atoms with Gasteiger partial charge in [-0.3, -0.25) is 0 Å². The van der Waals surface area contributed by atoms with Gasteiger partial charge in [-0.1, -0.05) is 0 Å². The fraction of sp³-hybridized carbons (Fsp3) is 0.267.